The molecule has 0 aliphatic rings. The van der Waals surface area contributed by atoms with Gasteiger partial charge in [0.25, 0.3) is 0 Å². The number of hydrogen-bond acceptors (Lipinski definition) is 4. The molecule has 2 rings (SSSR count). The summed E-state index contributed by atoms with van der Waals surface area (Å²) in [6.07, 6.45) is 0.926. The normalized spacial score (nSPS) is 12.3. The number of furan rings is 1. The lowest BCUT2D eigenvalue weighted by molar-refractivity contribution is -0.118. The highest BCUT2D eigenvalue weighted by Gasteiger charge is 2.25. The second-order valence-corrected chi connectivity index (χ2v) is 6.48. The van der Waals surface area contributed by atoms with Crippen molar-refractivity contribution in [2.45, 2.75) is 38.8 Å². The molecule has 1 atom stereocenters. The third-order valence-corrected chi connectivity index (χ3v) is 3.10. The van der Waals surface area contributed by atoms with Gasteiger partial charge in [0.05, 0.1) is 6.26 Å². The van der Waals surface area contributed by atoms with Gasteiger partial charge in [0.2, 0.25) is 5.91 Å². The van der Waals surface area contributed by atoms with E-state index in [0.717, 1.165) is 0 Å². The summed E-state index contributed by atoms with van der Waals surface area (Å²) in [7, 11) is 0. The molecule has 1 aromatic carbocycles. The number of rotatable bonds is 5. The number of anilines is 1. The topological polar surface area (TPSA) is 80.6 Å². The minimum absolute atomic E-state index is 0.152. The monoisotopic (exact) mass is 348 g/mol. The molecule has 6 nitrogen and oxygen atoms in total. The molecule has 0 spiro atoms. The molecule has 2 N–H and O–H groups in total. The number of halogens is 1. The smallest absolute Gasteiger partial charge is 0.408 e. The summed E-state index contributed by atoms with van der Waals surface area (Å²) in [5.74, 6) is -0.332. The Morgan fingerprint density at radius 3 is 2.44 bits per heavy atom. The molecule has 25 heavy (non-hydrogen) atoms. The summed E-state index contributed by atoms with van der Waals surface area (Å²) in [6, 6.07) is 7.82. The molecular formula is C18H21FN2O4. The molecule has 0 saturated carbocycles. The molecule has 1 unspecified atom stereocenters. The zero-order valence-corrected chi connectivity index (χ0v) is 14.3. The molecule has 7 heteroatoms. The molecule has 134 valence electrons. The molecule has 0 radical (unpaired) electrons. The Bertz CT molecular complexity index is 706. The molecule has 0 aliphatic heterocycles. The lowest BCUT2D eigenvalue weighted by Gasteiger charge is -2.23. The molecule has 0 saturated heterocycles. The van der Waals surface area contributed by atoms with Crippen LogP contribution in [0.15, 0.2) is 47.1 Å². The summed E-state index contributed by atoms with van der Waals surface area (Å²) in [6.45, 7) is 5.19. The van der Waals surface area contributed by atoms with Crippen LogP contribution in [-0.4, -0.2) is 23.6 Å². The Morgan fingerprint density at radius 1 is 1.20 bits per heavy atom. The first-order chi connectivity index (χ1) is 11.7. The van der Waals surface area contributed by atoms with Crippen LogP contribution in [0.4, 0.5) is 14.9 Å². The highest BCUT2D eigenvalue weighted by molar-refractivity contribution is 5.96. The second-order valence-electron chi connectivity index (χ2n) is 6.48. The maximum atomic E-state index is 13.0. The van der Waals surface area contributed by atoms with Crippen LogP contribution in [0.5, 0.6) is 0 Å². The third-order valence-electron chi connectivity index (χ3n) is 3.10. The number of nitrogens with one attached hydrogen (secondary N) is 2. The summed E-state index contributed by atoms with van der Waals surface area (Å²) >= 11 is 0. The zero-order valence-electron chi connectivity index (χ0n) is 14.3. The third kappa shape index (κ3) is 6.29. The fourth-order valence-corrected chi connectivity index (χ4v) is 2.05. The van der Waals surface area contributed by atoms with Crippen LogP contribution in [0, 0.1) is 5.82 Å². The van der Waals surface area contributed by atoms with Gasteiger partial charge in [-0.3, -0.25) is 4.79 Å². The summed E-state index contributed by atoms with van der Waals surface area (Å²) in [5.41, 5.74) is -0.269. The predicted molar refractivity (Wildman–Crippen MR) is 90.6 cm³/mol. The van der Waals surface area contributed by atoms with Gasteiger partial charge in [-0.15, -0.1) is 0 Å². The Kier molecular flexibility index (Phi) is 5.80. The minimum atomic E-state index is -0.911. The van der Waals surface area contributed by atoms with E-state index in [-0.39, 0.29) is 6.42 Å². The van der Waals surface area contributed by atoms with E-state index in [4.69, 9.17) is 9.15 Å². The van der Waals surface area contributed by atoms with Gasteiger partial charge in [0.15, 0.2) is 0 Å². The number of alkyl carbamates (subject to hydrolysis) is 1. The standard InChI is InChI=1S/C18H21FN2O4/c1-18(2,3)25-17(23)21-15(11-14-5-4-10-24-14)16(22)20-13-8-6-12(19)7-9-13/h4-10,15H,11H2,1-3H3,(H,20,22)(H,21,23). The Balaban J connectivity index is 2.08. The number of ether oxygens (including phenoxy) is 1. The minimum Gasteiger partial charge on any atom is -0.469 e. The van der Waals surface area contributed by atoms with E-state index in [1.165, 1.54) is 30.5 Å². The summed E-state index contributed by atoms with van der Waals surface area (Å²) in [4.78, 5) is 24.5. The van der Waals surface area contributed by atoms with Crippen LogP contribution < -0.4 is 10.6 Å². The molecule has 0 fully saturated rings. The van der Waals surface area contributed by atoms with Gasteiger partial charge < -0.3 is 19.8 Å². The van der Waals surface area contributed by atoms with Crippen LogP contribution in [0.25, 0.3) is 0 Å². The summed E-state index contributed by atoms with van der Waals surface area (Å²) in [5, 5.41) is 5.17. The van der Waals surface area contributed by atoms with Crippen molar-refractivity contribution < 1.29 is 23.1 Å². The van der Waals surface area contributed by atoms with Crippen molar-refractivity contribution in [2.24, 2.45) is 0 Å². The van der Waals surface area contributed by atoms with Crippen LogP contribution in [0.3, 0.4) is 0 Å². The van der Waals surface area contributed by atoms with Crippen molar-refractivity contribution in [3.05, 3.63) is 54.2 Å². The lowest BCUT2D eigenvalue weighted by atomic mass is 10.1. The quantitative estimate of drug-likeness (QED) is 0.867. The molecule has 1 aromatic heterocycles. The van der Waals surface area contributed by atoms with E-state index in [1.54, 1.807) is 32.9 Å². The van der Waals surface area contributed by atoms with E-state index in [1.807, 2.05) is 0 Å². The van der Waals surface area contributed by atoms with Crippen molar-refractivity contribution in [2.75, 3.05) is 5.32 Å². The van der Waals surface area contributed by atoms with E-state index in [2.05, 4.69) is 10.6 Å². The lowest BCUT2D eigenvalue weighted by Crippen LogP contribution is -2.47. The highest BCUT2D eigenvalue weighted by atomic mass is 19.1. The Morgan fingerprint density at radius 2 is 1.88 bits per heavy atom. The fraction of sp³-hybridized carbons (Fsp3) is 0.333. The average Bonchev–Trinajstić information content (AvgIpc) is 3.00. The maximum absolute atomic E-state index is 13.0. The number of carbonyl (C=O) groups excluding carboxylic acids is 2. The van der Waals surface area contributed by atoms with Gasteiger partial charge in [-0.1, -0.05) is 0 Å². The van der Waals surface area contributed by atoms with Crippen LogP contribution in [0.2, 0.25) is 0 Å². The number of carbonyl (C=O) groups is 2. The van der Waals surface area contributed by atoms with Crippen molar-refractivity contribution in [1.29, 1.82) is 0 Å². The van der Waals surface area contributed by atoms with E-state index in [0.29, 0.717) is 11.4 Å². The van der Waals surface area contributed by atoms with Gasteiger partial charge in [-0.2, -0.15) is 0 Å². The Labute approximate surface area is 145 Å². The van der Waals surface area contributed by atoms with Crippen molar-refractivity contribution in [3.8, 4) is 0 Å². The van der Waals surface area contributed by atoms with E-state index >= 15 is 0 Å². The maximum Gasteiger partial charge on any atom is 0.408 e. The predicted octanol–water partition coefficient (Wildman–Crippen LogP) is 3.49. The number of amides is 2. The van der Waals surface area contributed by atoms with Gasteiger partial charge in [-0.05, 0) is 57.2 Å². The zero-order chi connectivity index (χ0) is 18.4. The van der Waals surface area contributed by atoms with Crippen LogP contribution in [0.1, 0.15) is 26.5 Å². The van der Waals surface area contributed by atoms with Crippen molar-refractivity contribution in [3.63, 3.8) is 0 Å². The SMILES string of the molecule is CC(C)(C)OC(=O)NC(Cc1ccco1)C(=O)Nc1ccc(F)cc1. The molecular weight excluding hydrogens is 327 g/mol. The van der Waals surface area contributed by atoms with Crippen molar-refractivity contribution in [1.82, 2.24) is 5.32 Å². The van der Waals surface area contributed by atoms with E-state index < -0.39 is 29.5 Å². The molecule has 0 bridgehead atoms. The van der Waals surface area contributed by atoms with Gasteiger partial charge in [0.1, 0.15) is 23.2 Å². The molecule has 0 aliphatic carbocycles. The first-order valence-corrected chi connectivity index (χ1v) is 7.81. The fourth-order valence-electron chi connectivity index (χ4n) is 2.05. The molecule has 1 heterocycles. The second kappa shape index (κ2) is 7.83. The first kappa shape index (κ1) is 18.5. The van der Waals surface area contributed by atoms with Crippen LogP contribution >= 0.6 is 0 Å². The first-order valence-electron chi connectivity index (χ1n) is 7.81. The largest absolute Gasteiger partial charge is 0.469 e. The molecule has 2 aromatic rings. The molecule has 2 amide bonds. The summed E-state index contributed by atoms with van der Waals surface area (Å²) < 4.78 is 23.4. The van der Waals surface area contributed by atoms with Gasteiger partial charge in [-0.25, -0.2) is 9.18 Å². The number of hydrogen-bond donors (Lipinski definition) is 2. The highest BCUT2D eigenvalue weighted by Crippen LogP contribution is 2.12. The average molecular weight is 348 g/mol. The van der Waals surface area contributed by atoms with Crippen LogP contribution in [-0.2, 0) is 16.0 Å². The number of benzene rings is 1. The van der Waals surface area contributed by atoms with E-state index in [9.17, 15) is 14.0 Å². The van der Waals surface area contributed by atoms with Gasteiger partial charge >= 0.3 is 6.09 Å². The van der Waals surface area contributed by atoms with Gasteiger partial charge in [0, 0.05) is 12.1 Å². The van der Waals surface area contributed by atoms with Crippen molar-refractivity contribution >= 4 is 17.7 Å². The Hall–Kier alpha value is -2.83.